The van der Waals surface area contributed by atoms with Gasteiger partial charge in [0.15, 0.2) is 5.78 Å². The van der Waals surface area contributed by atoms with E-state index in [2.05, 4.69) is 13.8 Å². The predicted molar refractivity (Wildman–Crippen MR) is 73.1 cm³/mol. The zero-order valence-corrected chi connectivity index (χ0v) is 11.5. The fourth-order valence-corrected chi connectivity index (χ4v) is 2.96. The summed E-state index contributed by atoms with van der Waals surface area (Å²) in [6, 6.07) is 7.52. The zero-order chi connectivity index (χ0) is 13.2. The van der Waals surface area contributed by atoms with Crippen LogP contribution in [0.25, 0.3) is 0 Å². The maximum absolute atomic E-state index is 12.6. The lowest BCUT2D eigenvalue weighted by Crippen LogP contribution is -2.34. The van der Waals surface area contributed by atoms with Gasteiger partial charge in [0.2, 0.25) is 0 Å². The molecule has 1 unspecified atom stereocenters. The second kappa shape index (κ2) is 5.13. The number of benzene rings is 1. The normalized spacial score (nSPS) is 22.5. The number of carbonyl (C=O) groups is 1. The van der Waals surface area contributed by atoms with Gasteiger partial charge in [-0.25, -0.2) is 0 Å². The fourth-order valence-electron chi connectivity index (χ4n) is 2.96. The van der Waals surface area contributed by atoms with Crippen LogP contribution in [0.5, 0.6) is 5.75 Å². The number of ether oxygens (including phenoxy) is 1. The van der Waals surface area contributed by atoms with E-state index in [1.807, 2.05) is 24.3 Å². The topological polar surface area (TPSA) is 26.3 Å². The van der Waals surface area contributed by atoms with Gasteiger partial charge in [-0.1, -0.05) is 38.8 Å². The van der Waals surface area contributed by atoms with Crippen LogP contribution in [0.1, 0.15) is 49.9 Å². The highest BCUT2D eigenvalue weighted by atomic mass is 16.5. The van der Waals surface area contributed by atoms with Gasteiger partial charge in [0.05, 0.1) is 7.11 Å². The van der Waals surface area contributed by atoms with Gasteiger partial charge < -0.3 is 4.74 Å². The Balaban J connectivity index is 2.24. The van der Waals surface area contributed by atoms with Gasteiger partial charge in [-0.15, -0.1) is 0 Å². The summed E-state index contributed by atoms with van der Waals surface area (Å²) in [7, 11) is 1.63. The van der Waals surface area contributed by atoms with Gasteiger partial charge in [-0.3, -0.25) is 4.79 Å². The van der Waals surface area contributed by atoms with E-state index in [4.69, 9.17) is 4.74 Å². The highest BCUT2D eigenvalue weighted by molar-refractivity contribution is 5.98. The number of rotatable bonds is 3. The molecular weight excluding hydrogens is 224 g/mol. The minimum absolute atomic E-state index is 0.123. The number of carbonyl (C=O) groups excluding carboxylic acids is 1. The molecule has 0 radical (unpaired) electrons. The zero-order valence-electron chi connectivity index (χ0n) is 11.5. The van der Waals surface area contributed by atoms with Crippen LogP contribution >= 0.6 is 0 Å². The third-order valence-electron chi connectivity index (χ3n) is 4.18. The van der Waals surface area contributed by atoms with Crippen LogP contribution in [-0.4, -0.2) is 12.9 Å². The summed E-state index contributed by atoms with van der Waals surface area (Å²) in [6.07, 6.45) is 4.58. The highest BCUT2D eigenvalue weighted by Crippen LogP contribution is 2.42. The van der Waals surface area contributed by atoms with Crippen molar-refractivity contribution in [1.82, 2.24) is 0 Å². The van der Waals surface area contributed by atoms with Crippen LogP contribution in [0.3, 0.4) is 0 Å². The summed E-state index contributed by atoms with van der Waals surface area (Å²) >= 11 is 0. The Bertz CT molecular complexity index is 434. The number of methoxy groups -OCH3 is 1. The Hall–Kier alpha value is -1.31. The molecule has 0 bridgehead atoms. The monoisotopic (exact) mass is 246 g/mol. The number of hydrogen-bond donors (Lipinski definition) is 0. The molecule has 0 aliphatic heterocycles. The molecule has 2 heteroatoms. The average Bonchev–Trinajstić information content (AvgIpc) is 2.37. The van der Waals surface area contributed by atoms with Crippen molar-refractivity contribution < 1.29 is 9.53 Å². The minimum atomic E-state index is 0.123. The summed E-state index contributed by atoms with van der Waals surface area (Å²) < 4.78 is 5.19. The van der Waals surface area contributed by atoms with E-state index in [-0.39, 0.29) is 17.1 Å². The summed E-state index contributed by atoms with van der Waals surface area (Å²) in [5.41, 5.74) is 0.910. The molecule has 0 aromatic heterocycles. The Morgan fingerprint density at radius 1 is 1.33 bits per heavy atom. The highest BCUT2D eigenvalue weighted by Gasteiger charge is 2.37. The smallest absolute Gasteiger partial charge is 0.166 e. The number of ketones is 1. The van der Waals surface area contributed by atoms with Crippen LogP contribution in [0.2, 0.25) is 0 Å². The van der Waals surface area contributed by atoms with Crippen molar-refractivity contribution in [3.8, 4) is 5.75 Å². The molecule has 0 amide bonds. The first kappa shape index (κ1) is 13.1. The van der Waals surface area contributed by atoms with Crippen LogP contribution in [0.15, 0.2) is 24.3 Å². The van der Waals surface area contributed by atoms with Crippen LogP contribution in [-0.2, 0) is 0 Å². The molecule has 2 rings (SSSR count). The molecule has 0 heterocycles. The van der Waals surface area contributed by atoms with E-state index in [1.54, 1.807) is 7.11 Å². The van der Waals surface area contributed by atoms with Crippen molar-refractivity contribution in [3.63, 3.8) is 0 Å². The van der Waals surface area contributed by atoms with Gasteiger partial charge in [0, 0.05) is 11.5 Å². The van der Waals surface area contributed by atoms with Crippen molar-refractivity contribution in [1.29, 1.82) is 0 Å². The van der Waals surface area contributed by atoms with Gasteiger partial charge in [-0.2, -0.15) is 0 Å². The molecule has 1 aliphatic carbocycles. The number of hydrogen-bond acceptors (Lipinski definition) is 2. The van der Waals surface area contributed by atoms with Gasteiger partial charge in [0.25, 0.3) is 0 Å². The van der Waals surface area contributed by atoms with Crippen molar-refractivity contribution in [3.05, 3.63) is 29.8 Å². The van der Waals surface area contributed by atoms with E-state index in [9.17, 15) is 4.79 Å². The molecule has 0 N–H and O–H groups in total. The molecule has 0 spiro atoms. The Morgan fingerprint density at radius 3 is 2.78 bits per heavy atom. The SMILES string of the molecule is COc1cccc(C(=O)C2CCCCC2(C)C)c1. The van der Waals surface area contributed by atoms with Crippen molar-refractivity contribution in [2.24, 2.45) is 11.3 Å². The Kier molecular flexibility index (Phi) is 3.74. The first-order chi connectivity index (χ1) is 8.54. The van der Waals surface area contributed by atoms with Crippen LogP contribution in [0.4, 0.5) is 0 Å². The molecular formula is C16H22O2. The summed E-state index contributed by atoms with van der Waals surface area (Å²) in [4.78, 5) is 12.6. The first-order valence-corrected chi connectivity index (χ1v) is 6.73. The Labute approximate surface area is 109 Å². The van der Waals surface area contributed by atoms with E-state index < -0.39 is 0 Å². The summed E-state index contributed by atoms with van der Waals surface area (Å²) in [5, 5.41) is 0. The third-order valence-corrected chi connectivity index (χ3v) is 4.18. The lowest BCUT2D eigenvalue weighted by atomic mass is 9.66. The van der Waals surface area contributed by atoms with E-state index >= 15 is 0 Å². The van der Waals surface area contributed by atoms with E-state index in [0.29, 0.717) is 0 Å². The summed E-state index contributed by atoms with van der Waals surface area (Å²) in [6.45, 7) is 4.43. The van der Waals surface area contributed by atoms with Gasteiger partial charge in [0.1, 0.15) is 5.75 Å². The maximum Gasteiger partial charge on any atom is 0.166 e. The lowest BCUT2D eigenvalue weighted by Gasteiger charge is -2.37. The average molecular weight is 246 g/mol. The molecule has 1 saturated carbocycles. The fraction of sp³-hybridized carbons (Fsp3) is 0.562. The standard InChI is InChI=1S/C16H22O2/c1-16(2)10-5-4-9-14(16)15(17)12-7-6-8-13(11-12)18-3/h6-8,11,14H,4-5,9-10H2,1-3H3. The molecule has 98 valence electrons. The van der Waals surface area contributed by atoms with Crippen molar-refractivity contribution in [2.75, 3.05) is 7.11 Å². The van der Waals surface area contributed by atoms with Gasteiger partial charge in [-0.05, 0) is 30.4 Å². The predicted octanol–water partition coefficient (Wildman–Crippen LogP) is 4.09. The largest absolute Gasteiger partial charge is 0.497 e. The van der Waals surface area contributed by atoms with Crippen molar-refractivity contribution in [2.45, 2.75) is 39.5 Å². The molecule has 1 aliphatic rings. The first-order valence-electron chi connectivity index (χ1n) is 6.73. The Morgan fingerprint density at radius 2 is 2.11 bits per heavy atom. The summed E-state index contributed by atoms with van der Waals surface area (Å²) in [5.74, 6) is 1.19. The van der Waals surface area contributed by atoms with Crippen LogP contribution in [0, 0.1) is 11.3 Å². The lowest BCUT2D eigenvalue weighted by molar-refractivity contribution is 0.0697. The molecule has 2 nitrogen and oxygen atoms in total. The number of Topliss-reactive ketones (excluding diaryl/α,β-unsaturated/α-hetero) is 1. The second-order valence-electron chi connectivity index (χ2n) is 5.88. The molecule has 0 saturated heterocycles. The van der Waals surface area contributed by atoms with E-state index in [1.165, 1.54) is 12.8 Å². The molecule has 1 atom stereocenters. The third kappa shape index (κ3) is 2.58. The van der Waals surface area contributed by atoms with Crippen LogP contribution < -0.4 is 4.74 Å². The minimum Gasteiger partial charge on any atom is -0.497 e. The van der Waals surface area contributed by atoms with Crippen molar-refractivity contribution >= 4 is 5.78 Å². The molecule has 1 aromatic rings. The molecule has 18 heavy (non-hydrogen) atoms. The van der Waals surface area contributed by atoms with E-state index in [0.717, 1.165) is 24.2 Å². The van der Waals surface area contributed by atoms with Gasteiger partial charge >= 0.3 is 0 Å². The molecule has 1 aromatic carbocycles. The second-order valence-corrected chi connectivity index (χ2v) is 5.88. The maximum atomic E-state index is 12.6. The quantitative estimate of drug-likeness (QED) is 0.751. The molecule has 1 fully saturated rings.